The van der Waals surface area contributed by atoms with Crippen molar-refractivity contribution in [3.63, 3.8) is 0 Å². The maximum Gasteiger partial charge on any atom is 0.318 e. The van der Waals surface area contributed by atoms with E-state index in [2.05, 4.69) is 16.4 Å². The highest BCUT2D eigenvalue weighted by Crippen LogP contribution is 2.39. The number of rotatable bonds is 2. The fourth-order valence-corrected chi connectivity index (χ4v) is 3.81. The van der Waals surface area contributed by atoms with Gasteiger partial charge in [-0.2, -0.15) is 0 Å². The number of urea groups is 1. The van der Waals surface area contributed by atoms with Crippen LogP contribution in [0.4, 0.5) is 9.18 Å². The van der Waals surface area contributed by atoms with Crippen LogP contribution in [0.1, 0.15) is 36.7 Å². The van der Waals surface area contributed by atoms with E-state index >= 15 is 0 Å². The van der Waals surface area contributed by atoms with Gasteiger partial charge in [0.1, 0.15) is 11.9 Å². The summed E-state index contributed by atoms with van der Waals surface area (Å²) in [5, 5.41) is 4.09. The highest BCUT2D eigenvalue weighted by Gasteiger charge is 2.35. The van der Waals surface area contributed by atoms with Crippen molar-refractivity contribution in [1.82, 2.24) is 15.2 Å². The lowest BCUT2D eigenvalue weighted by Gasteiger charge is -2.36. The van der Waals surface area contributed by atoms with Gasteiger partial charge < -0.3 is 15.2 Å². The number of carbonyl (C=O) groups excluding carboxylic acids is 1. The number of carbonyl (C=O) groups is 1. The number of halogens is 1. The number of amides is 2. The summed E-state index contributed by atoms with van der Waals surface area (Å²) in [5.41, 5.74) is 3.60. The second-order valence-corrected chi connectivity index (χ2v) is 7.03. The Hall–Kier alpha value is -2.82. The van der Waals surface area contributed by atoms with Crippen LogP contribution < -0.4 is 5.32 Å². The SMILES string of the molecule is CC(C)NC(=O)N1CCc2c([nH]c3ccccc23)C1c1ccccc1F. The van der Waals surface area contributed by atoms with Crippen LogP contribution in [0.25, 0.3) is 10.9 Å². The van der Waals surface area contributed by atoms with Gasteiger partial charge in [-0.25, -0.2) is 9.18 Å². The standard InChI is InChI=1S/C21H22FN3O/c1-13(2)23-21(26)25-12-11-15-14-7-4-6-10-18(14)24-19(15)20(25)16-8-3-5-9-17(16)22/h3-10,13,20,24H,11-12H2,1-2H3,(H,23,26). The zero-order valence-electron chi connectivity index (χ0n) is 14.9. The Morgan fingerprint density at radius 3 is 2.69 bits per heavy atom. The van der Waals surface area contributed by atoms with E-state index in [1.165, 1.54) is 11.6 Å². The Labute approximate surface area is 152 Å². The predicted octanol–water partition coefficient (Wildman–Crippen LogP) is 4.37. The summed E-state index contributed by atoms with van der Waals surface area (Å²) < 4.78 is 14.7. The lowest BCUT2D eigenvalue weighted by Crippen LogP contribution is -2.48. The molecule has 1 unspecified atom stereocenters. The number of nitrogens with zero attached hydrogens (tertiary/aromatic N) is 1. The molecule has 2 amide bonds. The largest absolute Gasteiger partial charge is 0.356 e. The molecule has 26 heavy (non-hydrogen) atoms. The summed E-state index contributed by atoms with van der Waals surface area (Å²) in [6.07, 6.45) is 0.746. The molecule has 0 aliphatic carbocycles. The molecule has 1 aliphatic rings. The second-order valence-electron chi connectivity index (χ2n) is 7.03. The van der Waals surface area contributed by atoms with Gasteiger partial charge in [-0.3, -0.25) is 0 Å². The summed E-state index contributed by atoms with van der Waals surface area (Å²) >= 11 is 0. The van der Waals surface area contributed by atoms with E-state index in [-0.39, 0.29) is 17.9 Å². The molecular formula is C21H22FN3O. The van der Waals surface area contributed by atoms with Crippen molar-refractivity contribution in [3.05, 3.63) is 71.2 Å². The Morgan fingerprint density at radius 2 is 1.92 bits per heavy atom. The van der Waals surface area contributed by atoms with Gasteiger partial charge in [-0.15, -0.1) is 0 Å². The molecule has 0 saturated heterocycles. The number of aromatic nitrogens is 1. The number of hydrogen-bond donors (Lipinski definition) is 2. The smallest absolute Gasteiger partial charge is 0.318 e. The topological polar surface area (TPSA) is 48.1 Å². The van der Waals surface area contributed by atoms with Crippen molar-refractivity contribution in [2.24, 2.45) is 0 Å². The van der Waals surface area contributed by atoms with Gasteiger partial charge in [0.05, 0.1) is 0 Å². The second kappa shape index (κ2) is 6.48. The summed E-state index contributed by atoms with van der Waals surface area (Å²) in [6, 6.07) is 14.2. The summed E-state index contributed by atoms with van der Waals surface area (Å²) in [7, 11) is 0. The first-order valence-corrected chi connectivity index (χ1v) is 8.97. The molecular weight excluding hydrogens is 329 g/mol. The Kier molecular flexibility index (Phi) is 4.15. The number of para-hydroxylation sites is 1. The summed E-state index contributed by atoms with van der Waals surface area (Å²) in [5.74, 6) is -0.300. The van der Waals surface area contributed by atoms with E-state index in [1.807, 2.05) is 38.1 Å². The number of H-pyrrole nitrogens is 1. The molecule has 0 saturated carbocycles. The van der Waals surface area contributed by atoms with Crippen LogP contribution in [0, 0.1) is 5.82 Å². The number of hydrogen-bond acceptors (Lipinski definition) is 1. The molecule has 4 nitrogen and oxygen atoms in total. The van der Waals surface area contributed by atoms with Gasteiger partial charge >= 0.3 is 6.03 Å². The van der Waals surface area contributed by atoms with Crippen molar-refractivity contribution in [3.8, 4) is 0 Å². The first-order chi connectivity index (χ1) is 12.6. The monoisotopic (exact) mass is 351 g/mol. The molecule has 0 spiro atoms. The third kappa shape index (κ3) is 2.73. The maximum absolute atomic E-state index is 14.7. The number of benzene rings is 2. The van der Waals surface area contributed by atoms with Crippen LogP contribution in [0.3, 0.4) is 0 Å². The predicted molar refractivity (Wildman–Crippen MR) is 101 cm³/mol. The van der Waals surface area contributed by atoms with Crippen LogP contribution in [0.2, 0.25) is 0 Å². The normalized spacial score (nSPS) is 16.8. The summed E-state index contributed by atoms with van der Waals surface area (Å²) in [4.78, 5) is 18.0. The van der Waals surface area contributed by atoms with E-state index in [4.69, 9.17) is 0 Å². The van der Waals surface area contributed by atoms with Gasteiger partial charge in [0, 0.05) is 34.7 Å². The van der Waals surface area contributed by atoms with E-state index in [0.29, 0.717) is 12.1 Å². The minimum absolute atomic E-state index is 0.0212. The van der Waals surface area contributed by atoms with Crippen LogP contribution in [0.15, 0.2) is 48.5 Å². The Bertz CT molecular complexity index is 963. The molecule has 2 heterocycles. The molecule has 2 aromatic carbocycles. The highest BCUT2D eigenvalue weighted by atomic mass is 19.1. The Morgan fingerprint density at radius 1 is 1.19 bits per heavy atom. The minimum atomic E-state index is -0.467. The van der Waals surface area contributed by atoms with E-state index in [0.717, 1.165) is 23.0 Å². The van der Waals surface area contributed by atoms with Crippen molar-refractivity contribution >= 4 is 16.9 Å². The highest BCUT2D eigenvalue weighted by molar-refractivity contribution is 5.86. The lowest BCUT2D eigenvalue weighted by molar-refractivity contribution is 0.175. The third-order valence-corrected chi connectivity index (χ3v) is 4.91. The summed E-state index contributed by atoms with van der Waals surface area (Å²) in [6.45, 7) is 4.40. The molecule has 1 aromatic heterocycles. The van der Waals surface area contributed by atoms with E-state index in [1.54, 1.807) is 17.0 Å². The molecule has 0 fully saturated rings. The average molecular weight is 351 g/mol. The molecule has 4 rings (SSSR count). The molecule has 134 valence electrons. The van der Waals surface area contributed by atoms with E-state index in [9.17, 15) is 9.18 Å². The molecule has 0 bridgehead atoms. The van der Waals surface area contributed by atoms with Crippen LogP contribution >= 0.6 is 0 Å². The lowest BCUT2D eigenvalue weighted by atomic mass is 9.92. The molecule has 0 radical (unpaired) electrons. The molecule has 2 N–H and O–H groups in total. The van der Waals surface area contributed by atoms with Crippen LogP contribution in [0.5, 0.6) is 0 Å². The van der Waals surface area contributed by atoms with Gasteiger partial charge in [0.2, 0.25) is 0 Å². The van der Waals surface area contributed by atoms with Crippen molar-refractivity contribution in [1.29, 1.82) is 0 Å². The fraction of sp³-hybridized carbons (Fsp3) is 0.286. The Balaban J connectivity index is 1.88. The molecule has 5 heteroatoms. The molecule has 3 aromatic rings. The van der Waals surface area contributed by atoms with Crippen LogP contribution in [-0.2, 0) is 6.42 Å². The molecule has 1 atom stereocenters. The zero-order valence-corrected chi connectivity index (χ0v) is 14.9. The van der Waals surface area contributed by atoms with Gasteiger partial charge in [-0.05, 0) is 38.0 Å². The fourth-order valence-electron chi connectivity index (χ4n) is 3.81. The number of aromatic amines is 1. The van der Waals surface area contributed by atoms with E-state index < -0.39 is 6.04 Å². The average Bonchev–Trinajstić information content (AvgIpc) is 2.99. The molecule has 1 aliphatic heterocycles. The van der Waals surface area contributed by atoms with Gasteiger partial charge in [-0.1, -0.05) is 36.4 Å². The third-order valence-electron chi connectivity index (χ3n) is 4.91. The number of nitrogens with one attached hydrogen (secondary N) is 2. The van der Waals surface area contributed by atoms with Gasteiger partial charge in [0.15, 0.2) is 0 Å². The minimum Gasteiger partial charge on any atom is -0.356 e. The quantitative estimate of drug-likeness (QED) is 0.707. The maximum atomic E-state index is 14.7. The first kappa shape index (κ1) is 16.6. The van der Waals surface area contributed by atoms with Crippen molar-refractivity contribution < 1.29 is 9.18 Å². The van der Waals surface area contributed by atoms with Crippen molar-refractivity contribution in [2.45, 2.75) is 32.4 Å². The van der Waals surface area contributed by atoms with Crippen molar-refractivity contribution in [2.75, 3.05) is 6.54 Å². The van der Waals surface area contributed by atoms with Crippen LogP contribution in [-0.4, -0.2) is 28.5 Å². The number of fused-ring (bicyclic) bond motifs is 3. The zero-order chi connectivity index (χ0) is 18.3. The first-order valence-electron chi connectivity index (χ1n) is 8.97. The van der Waals surface area contributed by atoms with Gasteiger partial charge in [0.25, 0.3) is 0 Å².